The fraction of sp³-hybridized carbons (Fsp3) is 0.0870. The maximum Gasteiger partial charge on any atom is 0.258 e. The number of nitrogens with zero attached hydrogens (tertiary/aromatic N) is 5. The van der Waals surface area contributed by atoms with E-state index in [1.165, 1.54) is 11.8 Å². The number of aromatic amines is 1. The van der Waals surface area contributed by atoms with Crippen molar-refractivity contribution in [3.63, 3.8) is 0 Å². The zero-order chi connectivity index (χ0) is 21.2. The van der Waals surface area contributed by atoms with E-state index in [-0.39, 0.29) is 10.8 Å². The van der Waals surface area contributed by atoms with Gasteiger partial charge in [-0.05, 0) is 43.3 Å². The lowest BCUT2D eigenvalue weighted by Crippen LogP contribution is -2.13. The molecule has 1 unspecified atom stereocenters. The summed E-state index contributed by atoms with van der Waals surface area (Å²) in [6, 6.07) is 21.1. The van der Waals surface area contributed by atoms with E-state index in [1.54, 1.807) is 18.5 Å². The molecule has 3 aromatic heterocycles. The summed E-state index contributed by atoms with van der Waals surface area (Å²) in [4.78, 5) is 24.2. The SMILES string of the molecule is CC(Sc1nnc(-c2ccncc2)n1-c1ccccc1)c1nc2ccccc2c(=O)[nH]1. The first-order chi connectivity index (χ1) is 15.2. The number of hydrogen-bond acceptors (Lipinski definition) is 6. The van der Waals surface area contributed by atoms with Gasteiger partial charge in [0.15, 0.2) is 11.0 Å². The van der Waals surface area contributed by atoms with E-state index in [1.807, 2.05) is 72.2 Å². The number of rotatable bonds is 5. The average molecular weight is 427 g/mol. The van der Waals surface area contributed by atoms with Gasteiger partial charge < -0.3 is 4.98 Å². The van der Waals surface area contributed by atoms with Crippen molar-refractivity contribution < 1.29 is 0 Å². The van der Waals surface area contributed by atoms with Crippen molar-refractivity contribution in [3.8, 4) is 17.1 Å². The quantitative estimate of drug-likeness (QED) is 0.419. The summed E-state index contributed by atoms with van der Waals surface area (Å²) < 4.78 is 2.01. The monoisotopic (exact) mass is 426 g/mol. The van der Waals surface area contributed by atoms with Gasteiger partial charge in [-0.1, -0.05) is 42.1 Å². The highest BCUT2D eigenvalue weighted by Crippen LogP contribution is 2.35. The van der Waals surface area contributed by atoms with Crippen molar-refractivity contribution >= 4 is 22.7 Å². The molecule has 0 saturated heterocycles. The zero-order valence-corrected chi connectivity index (χ0v) is 17.5. The second kappa shape index (κ2) is 8.16. The molecule has 7 nitrogen and oxygen atoms in total. The van der Waals surface area contributed by atoms with Crippen LogP contribution in [-0.4, -0.2) is 29.7 Å². The van der Waals surface area contributed by atoms with Crippen LogP contribution in [0.2, 0.25) is 0 Å². The number of nitrogens with one attached hydrogen (secondary N) is 1. The number of benzene rings is 2. The van der Waals surface area contributed by atoms with Gasteiger partial charge in [0.05, 0.1) is 16.2 Å². The van der Waals surface area contributed by atoms with E-state index >= 15 is 0 Å². The molecule has 152 valence electrons. The van der Waals surface area contributed by atoms with Crippen molar-refractivity contribution in [2.75, 3.05) is 0 Å². The van der Waals surface area contributed by atoms with Gasteiger partial charge >= 0.3 is 0 Å². The topological polar surface area (TPSA) is 89.3 Å². The summed E-state index contributed by atoms with van der Waals surface area (Å²) in [7, 11) is 0. The molecule has 3 heterocycles. The Morgan fingerprint density at radius 1 is 0.935 bits per heavy atom. The Kier molecular flexibility index (Phi) is 5.05. The Morgan fingerprint density at radius 2 is 1.68 bits per heavy atom. The number of fused-ring (bicyclic) bond motifs is 1. The Morgan fingerprint density at radius 3 is 2.48 bits per heavy atom. The molecule has 0 radical (unpaired) electrons. The summed E-state index contributed by atoms with van der Waals surface area (Å²) in [5.41, 5.74) is 2.41. The summed E-state index contributed by atoms with van der Waals surface area (Å²) in [6.07, 6.45) is 3.47. The van der Waals surface area contributed by atoms with Crippen molar-refractivity contribution in [3.05, 3.63) is 95.3 Å². The maximum atomic E-state index is 12.5. The molecule has 31 heavy (non-hydrogen) atoms. The van der Waals surface area contributed by atoms with E-state index in [0.717, 1.165) is 17.1 Å². The average Bonchev–Trinajstić information content (AvgIpc) is 3.23. The maximum absolute atomic E-state index is 12.5. The van der Waals surface area contributed by atoms with Gasteiger partial charge in [-0.15, -0.1) is 10.2 Å². The van der Waals surface area contributed by atoms with Crippen LogP contribution in [0.5, 0.6) is 0 Å². The zero-order valence-electron chi connectivity index (χ0n) is 16.6. The molecule has 0 bridgehead atoms. The van der Waals surface area contributed by atoms with Crippen LogP contribution in [0, 0.1) is 0 Å². The molecule has 0 saturated carbocycles. The first-order valence-electron chi connectivity index (χ1n) is 9.77. The Balaban J connectivity index is 1.57. The van der Waals surface area contributed by atoms with Crippen molar-refractivity contribution in [1.29, 1.82) is 0 Å². The lowest BCUT2D eigenvalue weighted by molar-refractivity contribution is 0.862. The molecule has 0 aliphatic heterocycles. The molecule has 8 heteroatoms. The summed E-state index contributed by atoms with van der Waals surface area (Å²) in [6.45, 7) is 1.99. The van der Waals surface area contributed by atoms with Gasteiger partial charge in [-0.3, -0.25) is 14.3 Å². The highest BCUT2D eigenvalue weighted by molar-refractivity contribution is 7.99. The largest absolute Gasteiger partial charge is 0.309 e. The Hall–Kier alpha value is -3.78. The van der Waals surface area contributed by atoms with Crippen molar-refractivity contribution in [2.45, 2.75) is 17.3 Å². The highest BCUT2D eigenvalue weighted by Gasteiger charge is 2.20. The molecule has 0 spiro atoms. The van der Waals surface area contributed by atoms with E-state index in [4.69, 9.17) is 0 Å². The molecule has 2 aromatic carbocycles. The predicted molar refractivity (Wildman–Crippen MR) is 121 cm³/mol. The summed E-state index contributed by atoms with van der Waals surface area (Å²) >= 11 is 1.49. The number of thioether (sulfide) groups is 1. The molecule has 0 amide bonds. The van der Waals surface area contributed by atoms with Gasteiger partial charge in [0.25, 0.3) is 5.56 Å². The molecular formula is C23H18N6OS. The van der Waals surface area contributed by atoms with E-state index in [0.29, 0.717) is 21.9 Å². The smallest absolute Gasteiger partial charge is 0.258 e. The Labute approximate surface area is 182 Å². The van der Waals surface area contributed by atoms with Crippen LogP contribution >= 0.6 is 11.8 Å². The van der Waals surface area contributed by atoms with Crippen LogP contribution in [0.25, 0.3) is 28.0 Å². The highest BCUT2D eigenvalue weighted by atomic mass is 32.2. The lowest BCUT2D eigenvalue weighted by atomic mass is 10.2. The minimum Gasteiger partial charge on any atom is -0.309 e. The number of H-pyrrole nitrogens is 1. The van der Waals surface area contributed by atoms with Crippen LogP contribution in [0.1, 0.15) is 18.0 Å². The number of aromatic nitrogens is 6. The molecule has 1 N–H and O–H groups in total. The fourth-order valence-electron chi connectivity index (χ4n) is 3.36. The van der Waals surface area contributed by atoms with Gasteiger partial charge in [-0.2, -0.15) is 0 Å². The molecule has 0 aliphatic rings. The van der Waals surface area contributed by atoms with Gasteiger partial charge in [-0.25, -0.2) is 4.98 Å². The minimum absolute atomic E-state index is 0.143. The number of para-hydroxylation sites is 2. The molecule has 5 aromatic rings. The van der Waals surface area contributed by atoms with Gasteiger partial charge in [0, 0.05) is 23.6 Å². The standard InChI is InChI=1S/C23H18N6OS/c1-15(20-25-19-10-6-5-9-18(19)22(30)26-20)31-23-28-27-21(16-11-13-24-14-12-16)29(23)17-7-3-2-4-8-17/h2-15H,1H3,(H,25,26,30). The van der Waals surface area contributed by atoms with Crippen LogP contribution in [0.15, 0.2) is 89.1 Å². The molecule has 0 aliphatic carbocycles. The normalized spacial score (nSPS) is 12.2. The molecule has 0 fully saturated rings. The second-order valence-electron chi connectivity index (χ2n) is 6.94. The van der Waals surface area contributed by atoms with Crippen molar-refractivity contribution in [1.82, 2.24) is 29.7 Å². The number of pyridine rings is 1. The van der Waals surface area contributed by atoms with Gasteiger partial charge in [0.1, 0.15) is 5.82 Å². The van der Waals surface area contributed by atoms with Crippen LogP contribution in [0.4, 0.5) is 0 Å². The third-order valence-electron chi connectivity index (χ3n) is 4.88. The van der Waals surface area contributed by atoms with E-state index < -0.39 is 0 Å². The van der Waals surface area contributed by atoms with Crippen LogP contribution in [-0.2, 0) is 0 Å². The predicted octanol–water partition coefficient (Wildman–Crippen LogP) is 4.42. The molecule has 1 atom stereocenters. The van der Waals surface area contributed by atoms with Gasteiger partial charge in [0.2, 0.25) is 0 Å². The third kappa shape index (κ3) is 3.73. The van der Waals surface area contributed by atoms with E-state index in [2.05, 4.69) is 25.1 Å². The second-order valence-corrected chi connectivity index (χ2v) is 8.25. The number of hydrogen-bond donors (Lipinski definition) is 1. The Bertz CT molecular complexity index is 1400. The summed E-state index contributed by atoms with van der Waals surface area (Å²) in [5, 5.41) is 10.0. The summed E-state index contributed by atoms with van der Waals surface area (Å²) in [5.74, 6) is 1.32. The first kappa shape index (κ1) is 19.2. The van der Waals surface area contributed by atoms with Crippen molar-refractivity contribution in [2.24, 2.45) is 0 Å². The fourth-order valence-corrected chi connectivity index (χ4v) is 4.28. The van der Waals surface area contributed by atoms with Crippen LogP contribution in [0.3, 0.4) is 0 Å². The minimum atomic E-state index is -0.144. The first-order valence-corrected chi connectivity index (χ1v) is 10.7. The lowest BCUT2D eigenvalue weighted by Gasteiger charge is -2.13. The van der Waals surface area contributed by atoms with Crippen LogP contribution < -0.4 is 5.56 Å². The van der Waals surface area contributed by atoms with E-state index in [9.17, 15) is 4.79 Å². The molecule has 5 rings (SSSR count). The third-order valence-corrected chi connectivity index (χ3v) is 5.94. The molecular weight excluding hydrogens is 408 g/mol.